The number of nitrogens with one attached hydrogen (secondary N) is 2. The maximum Gasteiger partial charge on any atom is 0.258 e. The molecule has 5 heteroatoms. The summed E-state index contributed by atoms with van der Waals surface area (Å²) in [6.45, 7) is 7.99. The van der Waals surface area contributed by atoms with Gasteiger partial charge in [-0.2, -0.15) is 5.26 Å². The van der Waals surface area contributed by atoms with Crippen LogP contribution in [0.3, 0.4) is 0 Å². The molecule has 0 aliphatic heterocycles. The Hall–Kier alpha value is -2.84. The van der Waals surface area contributed by atoms with Gasteiger partial charge < -0.3 is 15.0 Å². The molecule has 26 heavy (non-hydrogen) atoms. The second-order valence-corrected chi connectivity index (χ2v) is 6.12. The first-order valence-electron chi connectivity index (χ1n) is 8.96. The van der Waals surface area contributed by atoms with E-state index in [1.807, 2.05) is 18.2 Å². The van der Waals surface area contributed by atoms with Crippen molar-refractivity contribution in [2.75, 3.05) is 19.7 Å². The number of hydrogen-bond acceptors (Lipinski definition) is 3. The van der Waals surface area contributed by atoms with Crippen molar-refractivity contribution in [3.05, 3.63) is 65.2 Å². The zero-order valence-corrected chi connectivity index (χ0v) is 15.4. The highest BCUT2D eigenvalue weighted by Gasteiger charge is 2.07. The Morgan fingerprint density at radius 3 is 2.38 bits per heavy atom. The van der Waals surface area contributed by atoms with E-state index >= 15 is 0 Å². The van der Waals surface area contributed by atoms with Gasteiger partial charge in [-0.3, -0.25) is 4.79 Å². The van der Waals surface area contributed by atoms with Crippen LogP contribution in [0.25, 0.3) is 0 Å². The summed E-state index contributed by atoms with van der Waals surface area (Å²) < 4.78 is 5.43. The molecule has 2 rings (SSSR count). The molecule has 0 bridgehead atoms. The van der Waals surface area contributed by atoms with Crippen LogP contribution in [0.1, 0.15) is 30.5 Å². The summed E-state index contributed by atoms with van der Waals surface area (Å²) in [6, 6.07) is 17.3. The highest BCUT2D eigenvalue weighted by Crippen LogP contribution is 2.16. The standard InChI is InChI=1S/C21H25N3O2/c1-3-24(4-2)15-18-11-9-17(10-12-18)14-23-21(25)16-26-20-8-6-5-7-19(20)13-22/h5-12H,3-4,14-16H2,1-2H3,(H,23,25)/p+1. The Balaban J connectivity index is 1.79. The van der Waals surface area contributed by atoms with Gasteiger partial charge in [-0.15, -0.1) is 0 Å². The number of nitriles is 1. The fraction of sp³-hybridized carbons (Fsp3) is 0.333. The molecule has 2 N–H and O–H groups in total. The van der Waals surface area contributed by atoms with Crippen molar-refractivity contribution in [1.29, 1.82) is 5.26 Å². The lowest BCUT2D eigenvalue weighted by molar-refractivity contribution is -0.910. The molecule has 0 aromatic heterocycles. The minimum atomic E-state index is -0.214. The van der Waals surface area contributed by atoms with E-state index in [1.54, 1.807) is 29.2 Å². The van der Waals surface area contributed by atoms with Crippen LogP contribution < -0.4 is 15.0 Å². The van der Waals surface area contributed by atoms with E-state index in [1.165, 1.54) is 5.56 Å². The fourth-order valence-corrected chi connectivity index (χ4v) is 2.64. The first-order chi connectivity index (χ1) is 12.7. The molecule has 2 aromatic rings. The van der Waals surface area contributed by atoms with E-state index in [4.69, 9.17) is 10.00 Å². The topological polar surface area (TPSA) is 66.6 Å². The summed E-state index contributed by atoms with van der Waals surface area (Å²) >= 11 is 0. The molecular weight excluding hydrogens is 326 g/mol. The maximum absolute atomic E-state index is 12.0. The van der Waals surface area contributed by atoms with Gasteiger partial charge in [-0.1, -0.05) is 36.4 Å². The third kappa shape index (κ3) is 5.91. The zero-order chi connectivity index (χ0) is 18.8. The second kappa shape index (κ2) is 10.2. The predicted molar refractivity (Wildman–Crippen MR) is 101 cm³/mol. The number of ether oxygens (including phenoxy) is 1. The molecule has 0 heterocycles. The Bertz CT molecular complexity index is 747. The number of rotatable bonds is 9. The number of nitrogens with zero attached hydrogens (tertiary/aromatic N) is 1. The minimum absolute atomic E-state index is 0.109. The molecule has 0 unspecified atom stereocenters. The summed E-state index contributed by atoms with van der Waals surface area (Å²) in [5, 5.41) is 11.8. The number of amides is 1. The maximum atomic E-state index is 12.0. The molecule has 1 amide bonds. The fourth-order valence-electron chi connectivity index (χ4n) is 2.64. The van der Waals surface area contributed by atoms with Crippen LogP contribution in [0.15, 0.2) is 48.5 Å². The largest absolute Gasteiger partial charge is 0.482 e. The summed E-state index contributed by atoms with van der Waals surface area (Å²) in [5.74, 6) is 0.211. The molecule has 0 aliphatic carbocycles. The lowest BCUT2D eigenvalue weighted by Crippen LogP contribution is -3.10. The van der Waals surface area contributed by atoms with Gasteiger partial charge in [-0.25, -0.2) is 0 Å². The summed E-state index contributed by atoms with van der Waals surface area (Å²) in [6.07, 6.45) is 0. The summed E-state index contributed by atoms with van der Waals surface area (Å²) in [7, 11) is 0. The molecule has 0 radical (unpaired) electrons. The lowest BCUT2D eigenvalue weighted by atomic mass is 10.1. The van der Waals surface area contributed by atoms with Crippen molar-refractivity contribution in [2.45, 2.75) is 26.9 Å². The quantitative estimate of drug-likeness (QED) is 0.722. The van der Waals surface area contributed by atoms with Gasteiger partial charge >= 0.3 is 0 Å². The molecule has 0 aliphatic rings. The van der Waals surface area contributed by atoms with Gasteiger partial charge in [-0.05, 0) is 31.5 Å². The Kier molecular flexibility index (Phi) is 7.66. The van der Waals surface area contributed by atoms with E-state index in [-0.39, 0.29) is 12.5 Å². The van der Waals surface area contributed by atoms with Gasteiger partial charge in [0.1, 0.15) is 18.4 Å². The molecule has 0 saturated carbocycles. The average molecular weight is 352 g/mol. The highest BCUT2D eigenvalue weighted by molar-refractivity contribution is 5.77. The minimum Gasteiger partial charge on any atom is -0.482 e. The van der Waals surface area contributed by atoms with Crippen LogP contribution in [0.5, 0.6) is 5.75 Å². The van der Waals surface area contributed by atoms with E-state index in [9.17, 15) is 4.79 Å². The van der Waals surface area contributed by atoms with Crippen LogP contribution in [0.4, 0.5) is 0 Å². The van der Waals surface area contributed by atoms with Crippen LogP contribution in [-0.2, 0) is 17.9 Å². The molecule has 0 saturated heterocycles. The lowest BCUT2D eigenvalue weighted by Gasteiger charge is -2.15. The van der Waals surface area contributed by atoms with Crippen molar-refractivity contribution in [2.24, 2.45) is 0 Å². The average Bonchev–Trinajstić information content (AvgIpc) is 2.69. The molecule has 136 valence electrons. The van der Waals surface area contributed by atoms with Crippen molar-refractivity contribution < 1.29 is 14.4 Å². The Morgan fingerprint density at radius 2 is 1.73 bits per heavy atom. The SMILES string of the molecule is CC[NH+](CC)Cc1ccc(CNC(=O)COc2ccccc2C#N)cc1. The van der Waals surface area contributed by atoms with E-state index in [0.717, 1.165) is 25.2 Å². The van der Waals surface area contributed by atoms with Gasteiger partial charge in [0.2, 0.25) is 0 Å². The number of benzene rings is 2. The third-order valence-corrected chi connectivity index (χ3v) is 4.33. The molecule has 5 nitrogen and oxygen atoms in total. The van der Waals surface area contributed by atoms with Crippen molar-refractivity contribution in [3.63, 3.8) is 0 Å². The number of hydrogen-bond donors (Lipinski definition) is 2. The third-order valence-electron chi connectivity index (χ3n) is 4.33. The number of carbonyl (C=O) groups is 1. The molecule has 0 spiro atoms. The molecule has 0 atom stereocenters. The Labute approximate surface area is 155 Å². The molecular formula is C21H26N3O2+. The second-order valence-electron chi connectivity index (χ2n) is 6.12. The highest BCUT2D eigenvalue weighted by atomic mass is 16.5. The first kappa shape index (κ1) is 19.5. The predicted octanol–water partition coefficient (Wildman–Crippen LogP) is 1.68. The number of para-hydroxylation sites is 1. The van der Waals surface area contributed by atoms with Crippen molar-refractivity contribution in [3.8, 4) is 11.8 Å². The van der Waals surface area contributed by atoms with E-state index in [0.29, 0.717) is 17.9 Å². The Morgan fingerprint density at radius 1 is 1.08 bits per heavy atom. The van der Waals surface area contributed by atoms with Crippen molar-refractivity contribution in [1.82, 2.24) is 5.32 Å². The van der Waals surface area contributed by atoms with E-state index < -0.39 is 0 Å². The van der Waals surface area contributed by atoms with E-state index in [2.05, 4.69) is 31.3 Å². The van der Waals surface area contributed by atoms with Crippen LogP contribution in [0, 0.1) is 11.3 Å². The monoisotopic (exact) mass is 352 g/mol. The number of carbonyl (C=O) groups excluding carboxylic acids is 1. The normalized spacial score (nSPS) is 10.4. The zero-order valence-electron chi connectivity index (χ0n) is 15.4. The van der Waals surface area contributed by atoms with Crippen LogP contribution >= 0.6 is 0 Å². The molecule has 0 fully saturated rings. The van der Waals surface area contributed by atoms with Gasteiger partial charge in [0.25, 0.3) is 5.91 Å². The van der Waals surface area contributed by atoms with Gasteiger partial charge in [0, 0.05) is 12.1 Å². The molecule has 2 aromatic carbocycles. The summed E-state index contributed by atoms with van der Waals surface area (Å²) in [5.41, 5.74) is 2.77. The van der Waals surface area contributed by atoms with Crippen LogP contribution in [-0.4, -0.2) is 25.6 Å². The van der Waals surface area contributed by atoms with Gasteiger partial charge in [0.15, 0.2) is 6.61 Å². The van der Waals surface area contributed by atoms with Gasteiger partial charge in [0.05, 0.1) is 18.7 Å². The van der Waals surface area contributed by atoms with Crippen LogP contribution in [0.2, 0.25) is 0 Å². The smallest absolute Gasteiger partial charge is 0.258 e. The first-order valence-corrected chi connectivity index (χ1v) is 8.96. The van der Waals surface area contributed by atoms with Crippen molar-refractivity contribution >= 4 is 5.91 Å². The number of quaternary nitrogens is 1. The summed E-state index contributed by atoms with van der Waals surface area (Å²) in [4.78, 5) is 13.5.